The van der Waals surface area contributed by atoms with Crippen LogP contribution in [0, 0.1) is 11.3 Å². The minimum absolute atomic E-state index is 0.0411. The average Bonchev–Trinajstić information content (AvgIpc) is 3.07. The molecule has 0 aliphatic carbocycles. The van der Waals surface area contributed by atoms with Gasteiger partial charge in [0.05, 0.1) is 18.2 Å². The summed E-state index contributed by atoms with van der Waals surface area (Å²) in [7, 11) is 0. The number of carbonyl (C=O) groups excluding carboxylic acids is 1. The second kappa shape index (κ2) is 9.11. The van der Waals surface area contributed by atoms with Gasteiger partial charge in [-0.2, -0.15) is 5.26 Å². The molecule has 0 radical (unpaired) electrons. The standard InChI is InChI=1S/C20H23N7O3/c1-3-29-20(28)17-18(23)26-27-8-7-16(25-19(17)27)24-11-14-13(10-22)5-4-6-15(14)30-12(2)9-21/h4-8,12H,3,9,11,21H2,1-2H3,(H2,23,26)(H,24,25)/t12-/m0/s1. The summed E-state index contributed by atoms with van der Waals surface area (Å²) in [6, 6.07) is 9.11. The van der Waals surface area contributed by atoms with E-state index in [-0.39, 0.29) is 36.3 Å². The first-order valence-electron chi connectivity index (χ1n) is 9.43. The summed E-state index contributed by atoms with van der Waals surface area (Å²) in [5.74, 6) is 0.496. The minimum atomic E-state index is -0.587. The molecule has 2 aromatic heterocycles. The summed E-state index contributed by atoms with van der Waals surface area (Å²) in [5, 5.41) is 16.7. The number of esters is 1. The van der Waals surface area contributed by atoms with Crippen molar-refractivity contribution in [1.29, 1.82) is 5.26 Å². The molecule has 3 aromatic rings. The molecular weight excluding hydrogens is 386 g/mol. The van der Waals surface area contributed by atoms with E-state index in [1.807, 2.05) is 6.92 Å². The topological polar surface area (TPSA) is 154 Å². The number of benzene rings is 1. The first-order valence-corrected chi connectivity index (χ1v) is 9.43. The van der Waals surface area contributed by atoms with E-state index in [1.54, 1.807) is 37.4 Å². The van der Waals surface area contributed by atoms with Crippen molar-refractivity contribution in [2.24, 2.45) is 5.73 Å². The van der Waals surface area contributed by atoms with Gasteiger partial charge < -0.3 is 26.3 Å². The zero-order valence-corrected chi connectivity index (χ0v) is 16.8. The Morgan fingerprint density at radius 2 is 2.20 bits per heavy atom. The van der Waals surface area contributed by atoms with E-state index in [2.05, 4.69) is 21.5 Å². The third-order valence-electron chi connectivity index (χ3n) is 4.35. The second-order valence-electron chi connectivity index (χ2n) is 6.47. The smallest absolute Gasteiger partial charge is 0.345 e. The Labute approximate surface area is 173 Å². The van der Waals surface area contributed by atoms with E-state index in [1.165, 1.54) is 4.52 Å². The number of fused-ring (bicyclic) bond motifs is 1. The third kappa shape index (κ3) is 4.26. The van der Waals surface area contributed by atoms with Gasteiger partial charge in [0.2, 0.25) is 0 Å². The molecule has 0 unspecified atom stereocenters. The first-order chi connectivity index (χ1) is 14.5. The number of ether oxygens (including phenoxy) is 2. The molecule has 0 fully saturated rings. The monoisotopic (exact) mass is 409 g/mol. The summed E-state index contributed by atoms with van der Waals surface area (Å²) in [6.45, 7) is 4.40. The molecule has 0 bridgehead atoms. The lowest BCUT2D eigenvalue weighted by Crippen LogP contribution is -2.23. The summed E-state index contributed by atoms with van der Waals surface area (Å²) in [6.07, 6.45) is 1.43. The van der Waals surface area contributed by atoms with Crippen molar-refractivity contribution in [3.8, 4) is 11.8 Å². The maximum Gasteiger partial charge on any atom is 0.345 e. The van der Waals surface area contributed by atoms with Crippen molar-refractivity contribution >= 4 is 23.3 Å². The van der Waals surface area contributed by atoms with Crippen LogP contribution in [0.3, 0.4) is 0 Å². The predicted octanol–water partition coefficient (Wildman–Crippen LogP) is 1.70. The van der Waals surface area contributed by atoms with Crippen LogP contribution in [0.25, 0.3) is 5.65 Å². The van der Waals surface area contributed by atoms with Crippen LogP contribution in [0.15, 0.2) is 30.5 Å². The Bertz CT molecular complexity index is 1100. The van der Waals surface area contributed by atoms with Crippen LogP contribution in [-0.2, 0) is 11.3 Å². The summed E-state index contributed by atoms with van der Waals surface area (Å²) in [5.41, 5.74) is 13.1. The molecule has 10 heteroatoms. The molecule has 0 amide bonds. The zero-order valence-electron chi connectivity index (χ0n) is 16.8. The molecule has 1 atom stereocenters. The van der Waals surface area contributed by atoms with Crippen molar-refractivity contribution in [2.45, 2.75) is 26.5 Å². The van der Waals surface area contributed by atoms with Gasteiger partial charge in [0, 0.05) is 24.8 Å². The van der Waals surface area contributed by atoms with Crippen LogP contribution in [0.4, 0.5) is 11.6 Å². The Kier molecular flexibility index (Phi) is 6.34. The molecule has 0 saturated carbocycles. The summed E-state index contributed by atoms with van der Waals surface area (Å²) >= 11 is 0. The average molecular weight is 409 g/mol. The molecule has 0 aliphatic heterocycles. The van der Waals surface area contributed by atoms with Crippen LogP contribution in [-0.4, -0.2) is 39.8 Å². The fourth-order valence-electron chi connectivity index (χ4n) is 2.85. The van der Waals surface area contributed by atoms with Gasteiger partial charge in [0.1, 0.15) is 23.2 Å². The number of hydrogen-bond donors (Lipinski definition) is 3. The largest absolute Gasteiger partial charge is 0.489 e. The van der Waals surface area contributed by atoms with E-state index in [4.69, 9.17) is 20.9 Å². The van der Waals surface area contributed by atoms with Crippen LogP contribution in [0.1, 0.15) is 35.3 Å². The maximum absolute atomic E-state index is 12.2. The lowest BCUT2D eigenvalue weighted by molar-refractivity contribution is 0.0529. The molecule has 30 heavy (non-hydrogen) atoms. The van der Waals surface area contributed by atoms with Crippen molar-refractivity contribution in [3.63, 3.8) is 0 Å². The molecule has 2 heterocycles. The molecule has 0 saturated heterocycles. The van der Waals surface area contributed by atoms with Crippen LogP contribution < -0.4 is 21.5 Å². The minimum Gasteiger partial charge on any atom is -0.489 e. The number of nitriles is 1. The predicted molar refractivity (Wildman–Crippen MR) is 111 cm³/mol. The Morgan fingerprint density at radius 1 is 1.40 bits per heavy atom. The van der Waals surface area contributed by atoms with Crippen LogP contribution in [0.5, 0.6) is 5.75 Å². The summed E-state index contributed by atoms with van der Waals surface area (Å²) < 4.78 is 12.3. The van der Waals surface area contributed by atoms with Gasteiger partial charge >= 0.3 is 5.97 Å². The number of carbonyl (C=O) groups is 1. The number of nitrogens with one attached hydrogen (secondary N) is 1. The Hall–Kier alpha value is -3.84. The Morgan fingerprint density at radius 3 is 2.90 bits per heavy atom. The quantitative estimate of drug-likeness (QED) is 0.472. The lowest BCUT2D eigenvalue weighted by Gasteiger charge is -2.17. The van der Waals surface area contributed by atoms with Crippen molar-refractivity contribution < 1.29 is 14.3 Å². The van der Waals surface area contributed by atoms with Gasteiger partial charge in [-0.1, -0.05) is 6.07 Å². The van der Waals surface area contributed by atoms with Crippen LogP contribution >= 0.6 is 0 Å². The van der Waals surface area contributed by atoms with E-state index in [9.17, 15) is 10.1 Å². The van der Waals surface area contributed by atoms with E-state index >= 15 is 0 Å². The molecule has 0 aliphatic rings. The fourth-order valence-corrected chi connectivity index (χ4v) is 2.85. The normalized spacial score (nSPS) is 11.7. The molecule has 0 spiro atoms. The SMILES string of the molecule is CCOC(=O)c1c(N)nn2ccc(NCc3c(C#N)cccc3O[C@@H](C)CN)nc12. The van der Waals surface area contributed by atoms with Gasteiger partial charge in [-0.25, -0.2) is 14.3 Å². The zero-order chi connectivity index (χ0) is 21.7. The van der Waals surface area contributed by atoms with E-state index in [0.29, 0.717) is 29.2 Å². The van der Waals surface area contributed by atoms with Crippen molar-refractivity contribution in [1.82, 2.24) is 14.6 Å². The number of anilines is 2. The molecule has 156 valence electrons. The number of aromatic nitrogens is 3. The number of nitrogen functional groups attached to an aromatic ring is 1. The highest BCUT2D eigenvalue weighted by Gasteiger charge is 2.21. The maximum atomic E-state index is 12.2. The number of nitrogens with two attached hydrogens (primary N) is 2. The highest BCUT2D eigenvalue weighted by atomic mass is 16.5. The van der Waals surface area contributed by atoms with Crippen molar-refractivity contribution in [2.75, 3.05) is 24.2 Å². The second-order valence-corrected chi connectivity index (χ2v) is 6.47. The van der Waals surface area contributed by atoms with Crippen LogP contribution in [0.2, 0.25) is 0 Å². The van der Waals surface area contributed by atoms with Gasteiger partial charge in [-0.05, 0) is 32.0 Å². The first kappa shape index (κ1) is 20.9. The molecule has 5 N–H and O–H groups in total. The van der Waals surface area contributed by atoms with E-state index in [0.717, 1.165) is 0 Å². The fraction of sp³-hybridized carbons (Fsp3) is 0.300. The number of rotatable bonds is 8. The van der Waals surface area contributed by atoms with E-state index < -0.39 is 5.97 Å². The molecular formula is C20H23N7O3. The number of hydrogen-bond acceptors (Lipinski definition) is 9. The Balaban J connectivity index is 1.90. The van der Waals surface area contributed by atoms with Gasteiger partial charge in [0.25, 0.3) is 0 Å². The molecule has 1 aromatic carbocycles. The summed E-state index contributed by atoms with van der Waals surface area (Å²) in [4.78, 5) is 16.7. The van der Waals surface area contributed by atoms with Gasteiger partial charge in [-0.3, -0.25) is 0 Å². The lowest BCUT2D eigenvalue weighted by atomic mass is 10.1. The van der Waals surface area contributed by atoms with Crippen molar-refractivity contribution in [3.05, 3.63) is 47.2 Å². The number of nitrogens with zero attached hydrogens (tertiary/aromatic N) is 4. The highest BCUT2D eigenvalue weighted by molar-refractivity contribution is 6.00. The molecule has 3 rings (SSSR count). The van der Waals surface area contributed by atoms with Gasteiger partial charge in [-0.15, -0.1) is 5.10 Å². The third-order valence-corrected chi connectivity index (χ3v) is 4.35. The highest BCUT2D eigenvalue weighted by Crippen LogP contribution is 2.25. The molecule has 10 nitrogen and oxygen atoms in total. The van der Waals surface area contributed by atoms with Gasteiger partial charge in [0.15, 0.2) is 11.5 Å².